The van der Waals surface area contributed by atoms with E-state index in [0.717, 1.165) is 37.7 Å². The molecule has 1 spiro atoms. The summed E-state index contributed by atoms with van der Waals surface area (Å²) in [6.07, 6.45) is 1.17. The smallest absolute Gasteiger partial charge is 0.331 e. The van der Waals surface area contributed by atoms with E-state index in [-0.39, 0.29) is 48.0 Å². The molecule has 0 amide bonds. The van der Waals surface area contributed by atoms with E-state index in [2.05, 4.69) is 13.8 Å². The summed E-state index contributed by atoms with van der Waals surface area (Å²) in [5.74, 6) is -0.362. The van der Waals surface area contributed by atoms with Gasteiger partial charge in [-0.1, -0.05) is 13.8 Å². The van der Waals surface area contributed by atoms with Crippen LogP contribution in [0.3, 0.4) is 0 Å². The van der Waals surface area contributed by atoms with Crippen LogP contribution in [-0.2, 0) is 28.5 Å². The van der Waals surface area contributed by atoms with Crippen molar-refractivity contribution in [2.24, 2.45) is 28.6 Å². The number of hydrogen-bond acceptors (Lipinski definition) is 10. The molecule has 0 aromatic heterocycles. The van der Waals surface area contributed by atoms with Crippen molar-refractivity contribution >= 4 is 5.97 Å². The molecule has 7 unspecified atom stereocenters. The molecule has 3 aliphatic heterocycles. The summed E-state index contributed by atoms with van der Waals surface area (Å²) < 4.78 is 29.3. The Balaban J connectivity index is 1.12. The van der Waals surface area contributed by atoms with Gasteiger partial charge < -0.3 is 44.1 Å². The van der Waals surface area contributed by atoms with Crippen molar-refractivity contribution in [3.05, 3.63) is 11.6 Å². The van der Waals surface area contributed by atoms with Crippen LogP contribution in [0.25, 0.3) is 0 Å². The first-order valence-corrected chi connectivity index (χ1v) is 15.0. The molecule has 4 N–H and O–H groups in total. The molecule has 0 radical (unpaired) electrons. The van der Waals surface area contributed by atoms with Gasteiger partial charge in [0.2, 0.25) is 0 Å². The van der Waals surface area contributed by atoms with Crippen LogP contribution in [0.5, 0.6) is 0 Å². The van der Waals surface area contributed by atoms with Crippen LogP contribution in [-0.4, -0.2) is 100 Å². The fourth-order valence-electron chi connectivity index (χ4n) is 10.6. The maximum absolute atomic E-state index is 12.6. The van der Waals surface area contributed by atoms with Gasteiger partial charge in [-0.25, -0.2) is 4.79 Å². The van der Waals surface area contributed by atoms with E-state index in [9.17, 15) is 25.2 Å². The monoisotopic (exact) mass is 564 g/mol. The molecule has 40 heavy (non-hydrogen) atoms. The quantitative estimate of drug-likeness (QED) is 0.223. The average molecular weight is 565 g/mol. The zero-order valence-corrected chi connectivity index (χ0v) is 23.8. The minimum absolute atomic E-state index is 0.0350. The summed E-state index contributed by atoms with van der Waals surface area (Å²) in [6, 6.07) is 0. The molecule has 10 nitrogen and oxygen atoms in total. The lowest BCUT2D eigenvalue weighted by molar-refractivity contribution is -0.313. The molecule has 3 heterocycles. The molecule has 224 valence electrons. The van der Waals surface area contributed by atoms with E-state index in [1.165, 1.54) is 7.11 Å². The number of hydrogen-bond donors (Lipinski definition) is 4. The third kappa shape index (κ3) is 3.42. The van der Waals surface area contributed by atoms with Gasteiger partial charge >= 0.3 is 5.97 Å². The Bertz CT molecular complexity index is 1100. The summed E-state index contributed by atoms with van der Waals surface area (Å²) >= 11 is 0. The maximum atomic E-state index is 12.6. The molecule has 15 atom stereocenters. The standard InChI is InChI=1S/C30H44O10/c1-14-22(33)24(36-4)23(34)26(38-14)39-17-5-7-27(2)16(10-17)11-20-30(40-20)25(27)19(31)12-28(3)18(6-8-29(28,30)35)15-9-21(32)37-13-15/h9,14,16-20,22-26,31,33-35H,5-8,10-13H2,1-4H3/t14?,16-,17-,18+,19?,20?,22-,23?,24?,25?,26-,27-,28+,29+,30?/m0/s1. The highest BCUT2D eigenvalue weighted by Gasteiger charge is 2.86. The van der Waals surface area contributed by atoms with Crippen molar-refractivity contribution < 1.29 is 48.9 Å². The van der Waals surface area contributed by atoms with E-state index in [0.29, 0.717) is 12.8 Å². The predicted octanol–water partition coefficient (Wildman–Crippen LogP) is 1.21. The zero-order chi connectivity index (χ0) is 28.4. The van der Waals surface area contributed by atoms with Gasteiger partial charge in [-0.3, -0.25) is 0 Å². The third-order valence-corrected chi connectivity index (χ3v) is 12.6. The van der Waals surface area contributed by atoms with E-state index >= 15 is 0 Å². The molecule has 4 aliphatic carbocycles. The van der Waals surface area contributed by atoms with E-state index in [1.807, 2.05) is 0 Å². The Morgan fingerprint density at radius 3 is 2.55 bits per heavy atom. The number of epoxide rings is 1. The lowest BCUT2D eigenvalue weighted by Gasteiger charge is -2.63. The third-order valence-electron chi connectivity index (χ3n) is 12.6. The molecular weight excluding hydrogens is 520 g/mol. The molecule has 0 aromatic rings. The number of rotatable bonds is 4. The van der Waals surface area contributed by atoms with Crippen LogP contribution in [0, 0.1) is 28.6 Å². The van der Waals surface area contributed by atoms with Crippen LogP contribution >= 0.6 is 0 Å². The Labute approximate surface area is 234 Å². The summed E-state index contributed by atoms with van der Waals surface area (Å²) in [5, 5.41) is 45.6. The summed E-state index contributed by atoms with van der Waals surface area (Å²) in [7, 11) is 1.46. The molecule has 0 bridgehead atoms. The van der Waals surface area contributed by atoms with Crippen LogP contribution in [0.4, 0.5) is 0 Å². The maximum Gasteiger partial charge on any atom is 0.331 e. The van der Waals surface area contributed by atoms with Gasteiger partial charge in [0.05, 0.1) is 24.4 Å². The number of cyclic esters (lactones) is 1. The topological polar surface area (TPSA) is 147 Å². The van der Waals surface area contributed by atoms with Gasteiger partial charge in [0.25, 0.3) is 0 Å². The lowest BCUT2D eigenvalue weighted by Crippen LogP contribution is -2.72. The Hall–Kier alpha value is -1.11. The minimum Gasteiger partial charge on any atom is -0.458 e. The number of ether oxygens (including phenoxy) is 5. The molecular formula is C30H44O10. The molecule has 7 aliphatic rings. The molecule has 4 saturated carbocycles. The second-order valence-corrected chi connectivity index (χ2v) is 14.2. The zero-order valence-electron chi connectivity index (χ0n) is 23.8. The molecule has 7 rings (SSSR count). The van der Waals surface area contributed by atoms with Crippen LogP contribution in [0.15, 0.2) is 11.6 Å². The second kappa shape index (κ2) is 8.95. The summed E-state index contributed by atoms with van der Waals surface area (Å²) in [6.45, 7) is 6.32. The van der Waals surface area contributed by atoms with Crippen LogP contribution in [0.1, 0.15) is 65.7 Å². The van der Waals surface area contributed by atoms with E-state index in [1.54, 1.807) is 13.0 Å². The largest absolute Gasteiger partial charge is 0.458 e. The van der Waals surface area contributed by atoms with Crippen molar-refractivity contribution in [3.63, 3.8) is 0 Å². The fraction of sp³-hybridized carbons (Fsp3) is 0.900. The number of aliphatic hydroxyl groups is 4. The van der Waals surface area contributed by atoms with Crippen LogP contribution in [0.2, 0.25) is 0 Å². The number of fused-ring (bicyclic) bond motifs is 3. The van der Waals surface area contributed by atoms with Gasteiger partial charge in [0, 0.05) is 24.5 Å². The number of carbonyl (C=O) groups is 1. The van der Waals surface area contributed by atoms with Crippen molar-refractivity contribution in [1.29, 1.82) is 0 Å². The number of aliphatic hydroxyl groups excluding tert-OH is 3. The normalized spacial score (nSPS) is 58.8. The number of carbonyl (C=O) groups excluding carboxylic acids is 1. The molecule has 0 aromatic carbocycles. The SMILES string of the molecule is COC1C(O)[C@H](O[C@H]2CC[C@]3(C)C4C(O)C[C@]5(C)[C@@H](C6=CC(=O)OC6)CC[C@]5(O)C45OC5C[C@@H]3C2)OC(C)[C@@H]1O. The summed E-state index contributed by atoms with van der Waals surface area (Å²) in [4.78, 5) is 11.9. The second-order valence-electron chi connectivity index (χ2n) is 14.2. The first-order valence-electron chi connectivity index (χ1n) is 15.0. The van der Waals surface area contributed by atoms with Crippen molar-refractivity contribution in [1.82, 2.24) is 0 Å². The number of methoxy groups -OCH3 is 1. The fourth-order valence-corrected chi connectivity index (χ4v) is 10.6. The molecule has 6 fully saturated rings. The first-order chi connectivity index (χ1) is 18.9. The van der Waals surface area contributed by atoms with Crippen molar-refractivity contribution in [3.8, 4) is 0 Å². The lowest BCUT2D eigenvalue weighted by atomic mass is 9.42. The van der Waals surface area contributed by atoms with Gasteiger partial charge in [-0.15, -0.1) is 0 Å². The van der Waals surface area contributed by atoms with Crippen LogP contribution < -0.4 is 0 Å². The van der Waals surface area contributed by atoms with Gasteiger partial charge in [0.1, 0.15) is 36.1 Å². The van der Waals surface area contributed by atoms with E-state index < -0.39 is 53.4 Å². The summed E-state index contributed by atoms with van der Waals surface area (Å²) in [5.41, 5.74) is -1.84. The highest BCUT2D eigenvalue weighted by Crippen LogP contribution is 2.77. The highest BCUT2D eigenvalue weighted by molar-refractivity contribution is 5.85. The Morgan fingerprint density at radius 1 is 1.07 bits per heavy atom. The first kappa shape index (κ1) is 27.7. The molecule has 10 heteroatoms. The average Bonchev–Trinajstić information content (AvgIpc) is 3.34. The Morgan fingerprint density at radius 2 is 1.85 bits per heavy atom. The predicted molar refractivity (Wildman–Crippen MR) is 139 cm³/mol. The van der Waals surface area contributed by atoms with Crippen molar-refractivity contribution in [2.45, 2.75) is 126 Å². The Kier molecular flexibility index (Phi) is 6.20. The highest BCUT2D eigenvalue weighted by atomic mass is 16.7. The number of esters is 1. The van der Waals surface area contributed by atoms with Gasteiger partial charge in [-0.05, 0) is 74.7 Å². The minimum atomic E-state index is -1.10. The molecule has 2 saturated heterocycles. The van der Waals surface area contributed by atoms with Gasteiger partial charge in [-0.2, -0.15) is 0 Å². The van der Waals surface area contributed by atoms with Gasteiger partial charge in [0.15, 0.2) is 6.29 Å². The van der Waals surface area contributed by atoms with E-state index in [4.69, 9.17) is 23.7 Å². The van der Waals surface area contributed by atoms with Crippen molar-refractivity contribution in [2.75, 3.05) is 13.7 Å².